The number of benzene rings is 1. The number of fused-ring (bicyclic) bond motifs is 1. The highest BCUT2D eigenvalue weighted by atomic mass is 32.2. The smallest absolute Gasteiger partial charge is 0.236 e. The quantitative estimate of drug-likeness (QED) is 0.813. The second-order valence-corrected chi connectivity index (χ2v) is 7.69. The van der Waals surface area contributed by atoms with Crippen molar-refractivity contribution in [1.82, 2.24) is 3.97 Å². The number of hydrogen-bond donors (Lipinski definition) is 0. The predicted octanol–water partition coefficient (Wildman–Crippen LogP) is 0.853. The molecule has 0 unspecified atom stereocenters. The molecule has 0 radical (unpaired) electrons. The Morgan fingerprint density at radius 3 is 2.12 bits per heavy atom. The van der Waals surface area contributed by atoms with Crippen LogP contribution in [0.2, 0.25) is 0 Å². The second kappa shape index (κ2) is 3.58. The van der Waals surface area contributed by atoms with E-state index in [9.17, 15) is 16.8 Å². The first-order chi connectivity index (χ1) is 7.71. The van der Waals surface area contributed by atoms with E-state index in [-0.39, 0.29) is 4.90 Å². The van der Waals surface area contributed by atoms with Gasteiger partial charge in [-0.15, -0.1) is 0 Å². The maximum absolute atomic E-state index is 11.6. The third-order valence-corrected chi connectivity index (χ3v) is 4.54. The maximum atomic E-state index is 11.6. The first-order valence-electron chi connectivity index (χ1n) is 4.72. The topological polar surface area (TPSA) is 73.2 Å². The molecule has 0 saturated carbocycles. The lowest BCUT2D eigenvalue weighted by Crippen LogP contribution is -2.08. The van der Waals surface area contributed by atoms with Crippen molar-refractivity contribution in [2.45, 2.75) is 4.90 Å². The van der Waals surface area contributed by atoms with Gasteiger partial charge in [0.05, 0.1) is 16.7 Å². The first-order valence-corrected chi connectivity index (χ1v) is 8.46. The molecule has 0 amide bonds. The Morgan fingerprint density at radius 1 is 1.00 bits per heavy atom. The van der Waals surface area contributed by atoms with Crippen LogP contribution in [0.3, 0.4) is 0 Å². The van der Waals surface area contributed by atoms with Gasteiger partial charge in [0.25, 0.3) is 0 Å². The van der Waals surface area contributed by atoms with Gasteiger partial charge in [0.15, 0.2) is 9.84 Å². The van der Waals surface area contributed by atoms with E-state index in [2.05, 4.69) is 0 Å². The van der Waals surface area contributed by atoms with E-state index in [1.54, 1.807) is 24.3 Å². The van der Waals surface area contributed by atoms with Gasteiger partial charge in [-0.2, -0.15) is 0 Å². The summed E-state index contributed by atoms with van der Waals surface area (Å²) >= 11 is 0. The van der Waals surface area contributed by atoms with Crippen molar-refractivity contribution in [2.24, 2.45) is 0 Å². The van der Waals surface area contributed by atoms with E-state index in [1.165, 1.54) is 0 Å². The molecule has 0 N–H and O–H groups in total. The van der Waals surface area contributed by atoms with Crippen molar-refractivity contribution in [1.29, 1.82) is 0 Å². The van der Waals surface area contributed by atoms with E-state index in [4.69, 9.17) is 0 Å². The molecule has 0 saturated heterocycles. The Labute approximate surface area is 99.6 Å². The molecule has 0 aliphatic rings. The summed E-state index contributed by atoms with van der Waals surface area (Å²) < 4.78 is 47.3. The van der Waals surface area contributed by atoms with E-state index >= 15 is 0 Å². The van der Waals surface area contributed by atoms with E-state index in [0.29, 0.717) is 10.9 Å². The average Bonchev–Trinajstić information content (AvgIpc) is 2.55. The summed E-state index contributed by atoms with van der Waals surface area (Å²) in [5.41, 5.74) is 0.371. The van der Waals surface area contributed by atoms with E-state index < -0.39 is 19.9 Å². The second-order valence-electron chi connectivity index (χ2n) is 3.84. The molecule has 0 fully saturated rings. The van der Waals surface area contributed by atoms with Crippen LogP contribution in [0, 0.1) is 0 Å². The third kappa shape index (κ3) is 2.07. The third-order valence-electron chi connectivity index (χ3n) is 2.40. The highest BCUT2D eigenvalue weighted by Crippen LogP contribution is 2.26. The van der Waals surface area contributed by atoms with Gasteiger partial charge in [-0.1, -0.05) is 18.2 Å². The average molecular weight is 273 g/mol. The van der Waals surface area contributed by atoms with Gasteiger partial charge in [-0.05, 0) is 6.07 Å². The van der Waals surface area contributed by atoms with Gasteiger partial charge in [0.1, 0.15) is 0 Å². The number of sulfone groups is 1. The van der Waals surface area contributed by atoms with Crippen molar-refractivity contribution < 1.29 is 16.8 Å². The minimum Gasteiger partial charge on any atom is -0.244 e. The molecule has 5 nitrogen and oxygen atoms in total. The molecule has 0 atom stereocenters. The van der Waals surface area contributed by atoms with Crippen LogP contribution in [0.25, 0.3) is 10.9 Å². The zero-order valence-corrected chi connectivity index (χ0v) is 10.9. The molecular weight excluding hydrogens is 262 g/mol. The Balaban J connectivity index is 3.01. The molecule has 0 aliphatic carbocycles. The molecule has 92 valence electrons. The van der Waals surface area contributed by atoms with Crippen LogP contribution in [0.5, 0.6) is 0 Å². The monoisotopic (exact) mass is 273 g/mol. The SMILES string of the molecule is CS(=O)(=O)c1cn(S(C)(=O)=O)c2ccccc12. The van der Waals surface area contributed by atoms with Crippen LogP contribution >= 0.6 is 0 Å². The molecule has 2 rings (SSSR count). The molecule has 1 heterocycles. The van der Waals surface area contributed by atoms with Gasteiger partial charge in [-0.3, -0.25) is 0 Å². The van der Waals surface area contributed by atoms with Gasteiger partial charge < -0.3 is 0 Å². The van der Waals surface area contributed by atoms with Crippen LogP contribution < -0.4 is 0 Å². The molecule has 0 aliphatic heterocycles. The lowest BCUT2D eigenvalue weighted by Gasteiger charge is -2.00. The summed E-state index contributed by atoms with van der Waals surface area (Å²) in [6.07, 6.45) is 3.24. The Kier molecular flexibility index (Phi) is 2.55. The molecule has 1 aromatic carbocycles. The fourth-order valence-electron chi connectivity index (χ4n) is 1.69. The summed E-state index contributed by atoms with van der Waals surface area (Å²) in [6.45, 7) is 0. The van der Waals surface area contributed by atoms with Crippen LogP contribution in [0.4, 0.5) is 0 Å². The molecular formula is C10H11NO4S2. The van der Waals surface area contributed by atoms with Crippen molar-refractivity contribution >= 4 is 30.8 Å². The van der Waals surface area contributed by atoms with Crippen LogP contribution in [-0.4, -0.2) is 33.3 Å². The number of hydrogen-bond acceptors (Lipinski definition) is 4. The lowest BCUT2D eigenvalue weighted by atomic mass is 10.2. The van der Waals surface area contributed by atoms with Crippen LogP contribution in [-0.2, 0) is 19.9 Å². The van der Waals surface area contributed by atoms with Crippen LogP contribution in [0.1, 0.15) is 0 Å². The van der Waals surface area contributed by atoms with Gasteiger partial charge in [0.2, 0.25) is 10.0 Å². The Bertz CT molecular complexity index is 719. The standard InChI is InChI=1S/C10H11NO4S2/c1-16(12,13)10-7-11(17(2,14)15)9-6-4-3-5-8(9)10/h3-7H,1-2H3. The van der Waals surface area contributed by atoms with Crippen molar-refractivity contribution in [2.75, 3.05) is 12.5 Å². The molecule has 2 aromatic rings. The fourth-order valence-corrected chi connectivity index (χ4v) is 3.44. The van der Waals surface area contributed by atoms with E-state index in [0.717, 1.165) is 22.7 Å². The number of rotatable bonds is 2. The molecule has 0 spiro atoms. The molecule has 1 aromatic heterocycles. The van der Waals surface area contributed by atoms with Crippen molar-refractivity contribution in [3.05, 3.63) is 30.5 Å². The number of nitrogens with zero attached hydrogens (tertiary/aromatic N) is 1. The molecule has 17 heavy (non-hydrogen) atoms. The van der Waals surface area contributed by atoms with Gasteiger partial charge in [-0.25, -0.2) is 20.8 Å². The van der Waals surface area contributed by atoms with Crippen molar-refractivity contribution in [3.63, 3.8) is 0 Å². The highest BCUT2D eigenvalue weighted by Gasteiger charge is 2.19. The number of aromatic nitrogens is 1. The minimum absolute atomic E-state index is 0.0264. The summed E-state index contributed by atoms with van der Waals surface area (Å²) in [5.74, 6) is 0. The zero-order chi connectivity index (χ0) is 12.8. The Hall–Kier alpha value is -1.34. The summed E-state index contributed by atoms with van der Waals surface area (Å²) in [6, 6.07) is 6.50. The predicted molar refractivity (Wildman–Crippen MR) is 65.3 cm³/mol. The highest BCUT2D eigenvalue weighted by molar-refractivity contribution is 7.91. The van der Waals surface area contributed by atoms with Gasteiger partial charge >= 0.3 is 0 Å². The lowest BCUT2D eigenvalue weighted by molar-refractivity contribution is 0.595. The minimum atomic E-state index is -3.52. The number of para-hydroxylation sites is 1. The van der Waals surface area contributed by atoms with Gasteiger partial charge in [0, 0.05) is 17.8 Å². The largest absolute Gasteiger partial charge is 0.244 e. The summed E-state index contributed by atoms with van der Waals surface area (Å²) in [4.78, 5) is 0.0264. The normalized spacial score (nSPS) is 13.1. The fraction of sp³-hybridized carbons (Fsp3) is 0.200. The van der Waals surface area contributed by atoms with Crippen LogP contribution in [0.15, 0.2) is 35.4 Å². The summed E-state index contributed by atoms with van der Waals surface area (Å²) in [7, 11) is -6.97. The van der Waals surface area contributed by atoms with Crippen molar-refractivity contribution in [3.8, 4) is 0 Å². The molecule has 0 bridgehead atoms. The maximum Gasteiger partial charge on any atom is 0.236 e. The summed E-state index contributed by atoms with van der Waals surface area (Å²) in [5, 5.41) is 0.417. The van der Waals surface area contributed by atoms with E-state index in [1.807, 2.05) is 0 Å². The Morgan fingerprint density at radius 2 is 1.59 bits per heavy atom. The first kappa shape index (κ1) is 12.1. The zero-order valence-electron chi connectivity index (χ0n) is 9.28. The molecule has 7 heteroatoms.